The van der Waals surface area contributed by atoms with E-state index in [9.17, 15) is 4.79 Å². The number of carbonyl (C=O) groups is 1. The van der Waals surface area contributed by atoms with Crippen molar-refractivity contribution in [3.8, 4) is 0 Å². The zero-order chi connectivity index (χ0) is 15.4. The average molecular weight is 312 g/mol. The third kappa shape index (κ3) is 1.95. The monoisotopic (exact) mass is 312 g/mol. The summed E-state index contributed by atoms with van der Waals surface area (Å²) in [6, 6.07) is 0.579. The second-order valence-corrected chi connectivity index (χ2v) is 7.27. The Morgan fingerprint density at radius 1 is 1.35 bits per heavy atom. The van der Waals surface area contributed by atoms with Crippen LogP contribution in [0, 0.1) is 5.41 Å². The van der Waals surface area contributed by atoms with Crippen LogP contribution in [0.25, 0.3) is 0 Å². The van der Waals surface area contributed by atoms with E-state index >= 15 is 0 Å². The van der Waals surface area contributed by atoms with Gasteiger partial charge in [-0.2, -0.15) is 5.10 Å². The van der Waals surface area contributed by atoms with Gasteiger partial charge >= 0.3 is 0 Å². The van der Waals surface area contributed by atoms with E-state index < -0.39 is 0 Å². The van der Waals surface area contributed by atoms with Crippen LogP contribution in [0.15, 0.2) is 18.7 Å². The minimum absolute atomic E-state index is 0.0741. The lowest BCUT2D eigenvalue weighted by molar-refractivity contribution is 0.0723. The van der Waals surface area contributed by atoms with Gasteiger partial charge in [-0.1, -0.05) is 6.42 Å². The summed E-state index contributed by atoms with van der Waals surface area (Å²) < 4.78 is 2.26. The Morgan fingerprint density at radius 2 is 2.22 bits per heavy atom. The summed E-state index contributed by atoms with van der Waals surface area (Å²) >= 11 is 0. The summed E-state index contributed by atoms with van der Waals surface area (Å²) in [7, 11) is 0. The Morgan fingerprint density at radius 3 is 2.87 bits per heavy atom. The molecule has 0 radical (unpaired) electrons. The van der Waals surface area contributed by atoms with Gasteiger partial charge in [0.05, 0.1) is 11.8 Å². The van der Waals surface area contributed by atoms with Crippen LogP contribution in [0.5, 0.6) is 0 Å². The second-order valence-electron chi connectivity index (χ2n) is 7.27. The Labute approximate surface area is 134 Å². The summed E-state index contributed by atoms with van der Waals surface area (Å²) in [6.07, 6.45) is 11.2. The van der Waals surface area contributed by atoms with Crippen molar-refractivity contribution in [2.24, 2.45) is 5.41 Å². The largest absolute Gasteiger partial charge is 0.337 e. The van der Waals surface area contributed by atoms with Gasteiger partial charge in [-0.3, -0.25) is 9.89 Å². The van der Waals surface area contributed by atoms with E-state index in [4.69, 9.17) is 0 Å². The number of nitrogens with zero attached hydrogens (tertiary/aromatic N) is 5. The molecule has 3 heterocycles. The lowest BCUT2D eigenvalue weighted by Crippen LogP contribution is -2.38. The third-order valence-electron chi connectivity index (χ3n) is 5.88. The number of likely N-dealkylation sites (tertiary alicyclic amines) is 1. The first kappa shape index (κ1) is 13.3. The Kier molecular flexibility index (Phi) is 2.69. The molecule has 3 aliphatic rings. The molecule has 7 heteroatoms. The number of hydrogen-bond donors (Lipinski definition) is 1. The summed E-state index contributed by atoms with van der Waals surface area (Å²) in [5.74, 6) is 1.48. The zero-order valence-corrected chi connectivity index (χ0v) is 13.0. The summed E-state index contributed by atoms with van der Waals surface area (Å²) in [5, 5.41) is 15.2. The van der Waals surface area contributed by atoms with Crippen molar-refractivity contribution in [2.75, 3.05) is 13.1 Å². The smallest absolute Gasteiger partial charge is 0.257 e. The molecular weight excluding hydrogens is 292 g/mol. The molecule has 7 nitrogen and oxygen atoms in total. The van der Waals surface area contributed by atoms with E-state index in [1.165, 1.54) is 32.1 Å². The topological polar surface area (TPSA) is 79.7 Å². The molecular formula is C16H20N6O. The molecule has 0 aromatic carbocycles. The van der Waals surface area contributed by atoms with Crippen LogP contribution in [0.2, 0.25) is 0 Å². The SMILES string of the molecule is O=C(c1cn[nH]c1)N1CC(c2nncn2C2CC2)C2(CCC2)C1. The van der Waals surface area contributed by atoms with Gasteiger partial charge in [0.15, 0.2) is 0 Å². The highest BCUT2D eigenvalue weighted by Crippen LogP contribution is 2.56. The van der Waals surface area contributed by atoms with Crippen molar-refractivity contribution in [2.45, 2.75) is 44.1 Å². The number of carbonyl (C=O) groups excluding carboxylic acids is 1. The van der Waals surface area contributed by atoms with Crippen LogP contribution in [0.4, 0.5) is 0 Å². The molecule has 2 aromatic rings. The van der Waals surface area contributed by atoms with E-state index in [1.54, 1.807) is 12.4 Å². The van der Waals surface area contributed by atoms with Gasteiger partial charge in [-0.25, -0.2) is 0 Å². The molecule has 2 saturated carbocycles. The van der Waals surface area contributed by atoms with Crippen molar-refractivity contribution in [3.63, 3.8) is 0 Å². The first-order chi connectivity index (χ1) is 11.3. The summed E-state index contributed by atoms with van der Waals surface area (Å²) in [6.45, 7) is 1.58. The molecule has 3 fully saturated rings. The Bertz CT molecular complexity index is 728. The molecule has 1 unspecified atom stereocenters. The van der Waals surface area contributed by atoms with Crippen molar-refractivity contribution < 1.29 is 4.79 Å². The van der Waals surface area contributed by atoms with E-state index in [0.717, 1.165) is 18.9 Å². The molecule has 23 heavy (non-hydrogen) atoms. The minimum atomic E-state index is 0.0741. The zero-order valence-electron chi connectivity index (χ0n) is 13.0. The van der Waals surface area contributed by atoms with Crippen LogP contribution >= 0.6 is 0 Å². The van der Waals surface area contributed by atoms with Crippen LogP contribution < -0.4 is 0 Å². The number of hydrogen-bond acceptors (Lipinski definition) is 4. The number of rotatable bonds is 3. The van der Waals surface area contributed by atoms with Gasteiger partial charge in [0, 0.05) is 31.2 Å². The van der Waals surface area contributed by atoms with Crippen LogP contribution in [0.3, 0.4) is 0 Å². The molecule has 5 rings (SSSR count). The number of H-pyrrole nitrogens is 1. The summed E-state index contributed by atoms with van der Waals surface area (Å²) in [5.41, 5.74) is 0.850. The quantitative estimate of drug-likeness (QED) is 0.936. The van der Waals surface area contributed by atoms with Crippen molar-refractivity contribution in [1.29, 1.82) is 0 Å². The van der Waals surface area contributed by atoms with Crippen molar-refractivity contribution in [1.82, 2.24) is 29.9 Å². The van der Waals surface area contributed by atoms with E-state index in [0.29, 0.717) is 17.5 Å². The van der Waals surface area contributed by atoms with Gasteiger partial charge in [0.25, 0.3) is 5.91 Å². The fourth-order valence-electron chi connectivity index (χ4n) is 4.30. The van der Waals surface area contributed by atoms with Crippen molar-refractivity contribution in [3.05, 3.63) is 30.1 Å². The molecule has 120 valence electrons. The second kappa shape index (κ2) is 4.66. The fraction of sp³-hybridized carbons (Fsp3) is 0.625. The molecule has 0 bridgehead atoms. The van der Waals surface area contributed by atoms with Crippen LogP contribution in [-0.2, 0) is 0 Å². The van der Waals surface area contributed by atoms with E-state index in [1.807, 2.05) is 11.2 Å². The van der Waals surface area contributed by atoms with E-state index in [-0.39, 0.29) is 11.3 Å². The first-order valence-corrected chi connectivity index (χ1v) is 8.44. The highest BCUT2D eigenvalue weighted by atomic mass is 16.2. The lowest BCUT2D eigenvalue weighted by atomic mass is 9.62. The van der Waals surface area contributed by atoms with Gasteiger partial charge < -0.3 is 9.47 Å². The van der Waals surface area contributed by atoms with Gasteiger partial charge in [0.2, 0.25) is 0 Å². The fourth-order valence-corrected chi connectivity index (χ4v) is 4.30. The lowest BCUT2D eigenvalue weighted by Gasteiger charge is -2.42. The molecule has 1 saturated heterocycles. The predicted molar refractivity (Wildman–Crippen MR) is 81.8 cm³/mol. The maximum atomic E-state index is 12.7. The number of aromatic amines is 1. The molecule has 1 atom stereocenters. The minimum Gasteiger partial charge on any atom is -0.337 e. The maximum absolute atomic E-state index is 12.7. The van der Waals surface area contributed by atoms with Gasteiger partial charge in [-0.05, 0) is 31.1 Å². The number of amides is 1. The molecule has 2 aromatic heterocycles. The molecule has 1 amide bonds. The molecule has 1 aliphatic heterocycles. The standard InChI is InChI=1S/C16H20N6O/c23-15(11-6-17-18-7-11)21-8-13(16(9-21)4-1-5-16)14-20-19-10-22(14)12-2-3-12/h6-7,10,12-13H,1-5,8-9H2,(H,17,18). The Hall–Kier alpha value is -2.18. The normalized spacial score (nSPS) is 25.7. The van der Waals surface area contributed by atoms with Gasteiger partial charge in [-0.15, -0.1) is 10.2 Å². The number of aromatic nitrogens is 5. The highest BCUT2D eigenvalue weighted by molar-refractivity contribution is 5.94. The highest BCUT2D eigenvalue weighted by Gasteiger charge is 2.54. The molecule has 1 spiro atoms. The molecule has 2 aliphatic carbocycles. The maximum Gasteiger partial charge on any atom is 0.257 e. The molecule has 1 N–H and O–H groups in total. The van der Waals surface area contributed by atoms with Crippen molar-refractivity contribution >= 4 is 5.91 Å². The van der Waals surface area contributed by atoms with Crippen LogP contribution in [-0.4, -0.2) is 48.9 Å². The average Bonchev–Trinajstić information content (AvgIpc) is 3.01. The third-order valence-corrected chi connectivity index (χ3v) is 5.88. The van der Waals surface area contributed by atoms with E-state index in [2.05, 4.69) is 25.0 Å². The Balaban J connectivity index is 1.46. The first-order valence-electron chi connectivity index (χ1n) is 8.44. The van der Waals surface area contributed by atoms with Gasteiger partial charge in [0.1, 0.15) is 12.2 Å². The number of nitrogens with one attached hydrogen (secondary N) is 1. The summed E-state index contributed by atoms with van der Waals surface area (Å²) in [4.78, 5) is 14.7. The van der Waals surface area contributed by atoms with Crippen LogP contribution in [0.1, 0.15) is 60.2 Å². The predicted octanol–water partition coefficient (Wildman–Crippen LogP) is 1.75.